The zero-order chi connectivity index (χ0) is 27.2. The third-order valence-corrected chi connectivity index (χ3v) is 6.20. The van der Waals surface area contributed by atoms with Gasteiger partial charge in [-0.3, -0.25) is 9.59 Å². The first-order chi connectivity index (χ1) is 18.3. The summed E-state index contributed by atoms with van der Waals surface area (Å²) in [5, 5.41) is 18.2. The number of ether oxygens (including phenoxy) is 1. The Balaban J connectivity index is 1.57. The van der Waals surface area contributed by atoms with Crippen LogP contribution in [0.25, 0.3) is 11.1 Å². The van der Waals surface area contributed by atoms with Crippen molar-refractivity contribution in [1.29, 1.82) is 0 Å². The van der Waals surface area contributed by atoms with Gasteiger partial charge < -0.3 is 30.7 Å². The number of rotatable bonds is 10. The van der Waals surface area contributed by atoms with Gasteiger partial charge in [-0.1, -0.05) is 12.1 Å². The summed E-state index contributed by atoms with van der Waals surface area (Å²) >= 11 is 0. The highest BCUT2D eigenvalue weighted by Crippen LogP contribution is 2.28. The van der Waals surface area contributed by atoms with Crippen LogP contribution in [-0.4, -0.2) is 65.1 Å². The number of carbonyl (C=O) groups is 2. The predicted octanol–water partition coefficient (Wildman–Crippen LogP) is 2.85. The van der Waals surface area contributed by atoms with E-state index >= 15 is 0 Å². The number of hydrogen-bond donors (Lipinski definition) is 4. The van der Waals surface area contributed by atoms with Crippen molar-refractivity contribution in [2.45, 2.75) is 32.2 Å². The van der Waals surface area contributed by atoms with E-state index in [2.05, 4.69) is 30.7 Å². The van der Waals surface area contributed by atoms with Gasteiger partial charge in [0.05, 0.1) is 12.2 Å². The molecule has 0 spiro atoms. The number of carbonyl (C=O) groups excluding carboxylic acids is 2. The van der Waals surface area contributed by atoms with Crippen molar-refractivity contribution in [3.8, 4) is 16.9 Å². The number of aliphatic hydroxyl groups is 1. The molecule has 38 heavy (non-hydrogen) atoms. The molecule has 2 amide bonds. The molecule has 0 aliphatic carbocycles. The van der Waals surface area contributed by atoms with Crippen LogP contribution in [0.15, 0.2) is 48.8 Å². The van der Waals surface area contributed by atoms with Crippen LogP contribution in [-0.2, 0) is 17.9 Å². The standard InChI is InChI=1S/C26H28F2N6O4/c1-29-23(36)19-5-4-16(18-12-31-26(32-13-18)33-20-7-8-34(2)24(20)37)10-21(19)30-11-17-9-15(14-35)3-6-22(17)38-25(27)28/h3-6,9-10,12-13,20,25,30,35H,7-8,11,14H2,1-2H3,(H,29,36)(H,31,32,33). The highest BCUT2D eigenvalue weighted by Gasteiger charge is 2.29. The Labute approximate surface area is 218 Å². The minimum atomic E-state index is -3.01. The van der Waals surface area contributed by atoms with E-state index in [1.807, 2.05) is 0 Å². The highest BCUT2D eigenvalue weighted by molar-refractivity contribution is 6.00. The lowest BCUT2D eigenvalue weighted by Crippen LogP contribution is -2.31. The maximum absolute atomic E-state index is 12.9. The van der Waals surface area contributed by atoms with Crippen LogP contribution in [0.4, 0.5) is 20.4 Å². The summed E-state index contributed by atoms with van der Waals surface area (Å²) in [5.74, 6) is -0.0529. The molecule has 200 valence electrons. The molecule has 12 heteroatoms. The summed E-state index contributed by atoms with van der Waals surface area (Å²) in [4.78, 5) is 34.9. The summed E-state index contributed by atoms with van der Waals surface area (Å²) in [6, 6.07) is 9.17. The number of aliphatic hydroxyl groups excluding tert-OH is 1. The molecule has 4 N–H and O–H groups in total. The van der Waals surface area contributed by atoms with Gasteiger partial charge in [0.2, 0.25) is 11.9 Å². The Morgan fingerprint density at radius 2 is 1.95 bits per heavy atom. The molecule has 1 aliphatic rings. The third-order valence-electron chi connectivity index (χ3n) is 6.20. The number of anilines is 2. The second-order valence-electron chi connectivity index (χ2n) is 8.71. The lowest BCUT2D eigenvalue weighted by Gasteiger charge is -2.16. The molecule has 0 radical (unpaired) electrons. The molecule has 0 saturated carbocycles. The molecular formula is C26H28F2N6O4. The second kappa shape index (κ2) is 11.8. The van der Waals surface area contributed by atoms with Crippen molar-refractivity contribution >= 4 is 23.5 Å². The van der Waals surface area contributed by atoms with E-state index in [4.69, 9.17) is 0 Å². The Bertz CT molecular complexity index is 1310. The largest absolute Gasteiger partial charge is 0.434 e. The second-order valence-corrected chi connectivity index (χ2v) is 8.71. The average molecular weight is 527 g/mol. The highest BCUT2D eigenvalue weighted by atomic mass is 19.3. The van der Waals surface area contributed by atoms with Crippen LogP contribution in [0.1, 0.15) is 27.9 Å². The summed E-state index contributed by atoms with van der Waals surface area (Å²) in [7, 11) is 3.25. The zero-order valence-electron chi connectivity index (χ0n) is 20.9. The van der Waals surface area contributed by atoms with Crippen molar-refractivity contribution < 1.29 is 28.2 Å². The van der Waals surface area contributed by atoms with E-state index in [1.54, 1.807) is 48.6 Å². The van der Waals surface area contributed by atoms with Gasteiger partial charge >= 0.3 is 6.61 Å². The van der Waals surface area contributed by atoms with Crippen LogP contribution in [0.2, 0.25) is 0 Å². The molecule has 4 rings (SSSR count). The molecule has 3 aromatic rings. The maximum Gasteiger partial charge on any atom is 0.387 e. The Morgan fingerprint density at radius 1 is 1.18 bits per heavy atom. The van der Waals surface area contributed by atoms with Crippen molar-refractivity contribution in [2.75, 3.05) is 31.3 Å². The number of likely N-dealkylation sites (N-methyl/N-ethyl adjacent to an activating group) is 1. The maximum atomic E-state index is 12.9. The van der Waals surface area contributed by atoms with Gasteiger partial charge in [0.15, 0.2) is 0 Å². The number of benzene rings is 2. The number of halogens is 2. The Hall–Kier alpha value is -4.32. The van der Waals surface area contributed by atoms with E-state index in [-0.39, 0.29) is 36.8 Å². The lowest BCUT2D eigenvalue weighted by atomic mass is 10.0. The molecule has 1 aliphatic heterocycles. The molecular weight excluding hydrogens is 498 g/mol. The molecule has 1 aromatic heterocycles. The van der Waals surface area contributed by atoms with Crippen LogP contribution in [0.5, 0.6) is 5.75 Å². The molecule has 10 nitrogen and oxygen atoms in total. The fraction of sp³-hybridized carbons (Fsp3) is 0.308. The minimum absolute atomic E-state index is 0.00943. The van der Waals surface area contributed by atoms with Crippen LogP contribution in [0, 0.1) is 0 Å². The van der Waals surface area contributed by atoms with Crippen LogP contribution < -0.4 is 20.7 Å². The van der Waals surface area contributed by atoms with Crippen molar-refractivity contribution in [3.63, 3.8) is 0 Å². The van der Waals surface area contributed by atoms with Gasteiger partial charge in [-0.15, -0.1) is 0 Å². The lowest BCUT2D eigenvalue weighted by molar-refractivity contribution is -0.127. The number of alkyl halides is 2. The van der Waals surface area contributed by atoms with Crippen LogP contribution >= 0.6 is 0 Å². The molecule has 1 saturated heterocycles. The SMILES string of the molecule is CNC(=O)c1ccc(-c2cnc(NC3CCN(C)C3=O)nc2)cc1NCc1cc(CO)ccc1OC(F)F. The first kappa shape index (κ1) is 26.7. The van der Waals surface area contributed by atoms with E-state index in [0.29, 0.717) is 52.4 Å². The van der Waals surface area contributed by atoms with Crippen LogP contribution in [0.3, 0.4) is 0 Å². The molecule has 1 fully saturated rings. The zero-order valence-corrected chi connectivity index (χ0v) is 20.9. The number of aromatic nitrogens is 2. The first-order valence-corrected chi connectivity index (χ1v) is 11.9. The van der Waals surface area contributed by atoms with E-state index in [9.17, 15) is 23.5 Å². The van der Waals surface area contributed by atoms with E-state index in [1.165, 1.54) is 19.2 Å². The fourth-order valence-electron chi connectivity index (χ4n) is 4.14. The number of nitrogens with zero attached hydrogens (tertiary/aromatic N) is 3. The summed E-state index contributed by atoms with van der Waals surface area (Å²) in [6.45, 7) is -2.56. The van der Waals surface area contributed by atoms with E-state index < -0.39 is 6.61 Å². The normalized spacial score (nSPS) is 15.1. The topological polar surface area (TPSA) is 129 Å². The molecule has 2 heterocycles. The molecule has 2 aromatic carbocycles. The summed E-state index contributed by atoms with van der Waals surface area (Å²) < 4.78 is 30.4. The number of likely N-dealkylation sites (tertiary alicyclic amines) is 1. The number of amides is 2. The molecule has 1 unspecified atom stereocenters. The first-order valence-electron chi connectivity index (χ1n) is 11.9. The average Bonchev–Trinajstić information content (AvgIpc) is 3.24. The van der Waals surface area contributed by atoms with Gasteiger partial charge in [0.25, 0.3) is 5.91 Å². The Morgan fingerprint density at radius 3 is 2.58 bits per heavy atom. The molecule has 1 atom stereocenters. The van der Waals surface area contributed by atoms with Crippen molar-refractivity contribution in [3.05, 3.63) is 65.5 Å². The predicted molar refractivity (Wildman–Crippen MR) is 137 cm³/mol. The van der Waals surface area contributed by atoms with Gasteiger partial charge in [-0.05, 0) is 41.8 Å². The van der Waals surface area contributed by atoms with Gasteiger partial charge in [-0.2, -0.15) is 8.78 Å². The van der Waals surface area contributed by atoms with Gasteiger partial charge in [-0.25, -0.2) is 9.97 Å². The van der Waals surface area contributed by atoms with E-state index in [0.717, 1.165) is 0 Å². The smallest absolute Gasteiger partial charge is 0.387 e. The monoisotopic (exact) mass is 526 g/mol. The quantitative estimate of drug-likeness (QED) is 0.318. The summed E-state index contributed by atoms with van der Waals surface area (Å²) in [5.41, 5.74) is 3.07. The van der Waals surface area contributed by atoms with Crippen molar-refractivity contribution in [2.24, 2.45) is 0 Å². The molecule has 0 bridgehead atoms. The minimum Gasteiger partial charge on any atom is -0.434 e. The van der Waals surface area contributed by atoms with Crippen molar-refractivity contribution in [1.82, 2.24) is 20.2 Å². The number of nitrogens with one attached hydrogen (secondary N) is 3. The van der Waals surface area contributed by atoms with Gasteiger partial charge in [0.1, 0.15) is 11.8 Å². The third kappa shape index (κ3) is 6.14. The fourth-order valence-corrected chi connectivity index (χ4v) is 4.14. The Kier molecular flexibility index (Phi) is 8.31. The van der Waals surface area contributed by atoms with Gasteiger partial charge in [0, 0.05) is 56.4 Å². The number of hydrogen-bond acceptors (Lipinski definition) is 8. The summed E-state index contributed by atoms with van der Waals surface area (Å²) in [6.07, 6.45) is 3.88.